The van der Waals surface area contributed by atoms with Crippen molar-refractivity contribution in [3.05, 3.63) is 0 Å². The Labute approximate surface area is 116 Å². The first kappa shape index (κ1) is 16.4. The van der Waals surface area contributed by atoms with Gasteiger partial charge in [0.1, 0.15) is 0 Å². The molecule has 19 heavy (non-hydrogen) atoms. The van der Waals surface area contributed by atoms with Crippen LogP contribution in [0.25, 0.3) is 0 Å². The number of nitrogens with one attached hydrogen (secondary N) is 1. The molecular weight excluding hydrogens is 242 g/mol. The van der Waals surface area contributed by atoms with E-state index >= 15 is 0 Å². The normalized spacial score (nSPS) is 25.0. The summed E-state index contributed by atoms with van der Waals surface area (Å²) < 4.78 is 5.24. The number of ether oxygens (including phenoxy) is 1. The zero-order chi connectivity index (χ0) is 14.4. The minimum Gasteiger partial charge on any atom is -0.379 e. The number of amides is 1. The fourth-order valence-electron chi connectivity index (χ4n) is 2.78. The van der Waals surface area contributed by atoms with Crippen molar-refractivity contribution in [2.45, 2.75) is 38.8 Å². The second-order valence-corrected chi connectivity index (χ2v) is 5.66. The quantitative estimate of drug-likeness (QED) is 0.705. The number of rotatable bonds is 7. The number of nitrogens with two attached hydrogens (primary N) is 1. The number of likely N-dealkylation sites (N-methyl/N-ethyl adjacent to an activating group) is 1. The van der Waals surface area contributed by atoms with E-state index in [2.05, 4.69) is 38.2 Å². The Morgan fingerprint density at radius 3 is 2.42 bits per heavy atom. The molecule has 3 unspecified atom stereocenters. The van der Waals surface area contributed by atoms with Gasteiger partial charge in [0.05, 0.1) is 19.1 Å². The van der Waals surface area contributed by atoms with E-state index in [1.165, 1.54) is 0 Å². The van der Waals surface area contributed by atoms with E-state index in [0.29, 0.717) is 31.7 Å². The van der Waals surface area contributed by atoms with Gasteiger partial charge in [-0.05, 0) is 20.0 Å². The van der Waals surface area contributed by atoms with Crippen LogP contribution in [0, 0.1) is 11.8 Å². The van der Waals surface area contributed by atoms with E-state index in [1.807, 2.05) is 0 Å². The molecule has 3 N–H and O–H groups in total. The van der Waals surface area contributed by atoms with Crippen molar-refractivity contribution in [2.24, 2.45) is 17.6 Å². The Hall–Kier alpha value is -0.650. The average Bonchev–Trinajstić information content (AvgIpc) is 2.80. The summed E-state index contributed by atoms with van der Waals surface area (Å²) >= 11 is 0. The lowest BCUT2D eigenvalue weighted by Crippen LogP contribution is -2.48. The first-order valence-electron chi connectivity index (χ1n) is 7.28. The van der Waals surface area contributed by atoms with Crippen molar-refractivity contribution >= 4 is 5.91 Å². The van der Waals surface area contributed by atoms with E-state index < -0.39 is 0 Å². The van der Waals surface area contributed by atoms with Gasteiger partial charge in [0, 0.05) is 18.6 Å². The number of carbonyl (C=O) groups excluding carboxylic acids is 1. The predicted molar refractivity (Wildman–Crippen MR) is 76.8 cm³/mol. The molecule has 0 aromatic heterocycles. The number of hydrogen-bond donors (Lipinski definition) is 2. The molecule has 1 aliphatic heterocycles. The molecule has 1 heterocycles. The second kappa shape index (κ2) is 7.82. The molecule has 112 valence electrons. The lowest BCUT2D eigenvalue weighted by atomic mass is 9.93. The highest BCUT2D eigenvalue weighted by molar-refractivity contribution is 5.79. The number of nitrogens with zero attached hydrogens (tertiary/aromatic N) is 1. The summed E-state index contributed by atoms with van der Waals surface area (Å²) in [5.74, 6) is 0.441. The molecule has 0 aromatic carbocycles. The first-order chi connectivity index (χ1) is 9.01. The molecule has 5 heteroatoms. The third-order valence-corrected chi connectivity index (χ3v) is 4.20. The summed E-state index contributed by atoms with van der Waals surface area (Å²) in [7, 11) is 4.14. The second-order valence-electron chi connectivity index (χ2n) is 5.66. The number of carbonyl (C=O) groups is 1. The summed E-state index contributed by atoms with van der Waals surface area (Å²) in [6.45, 7) is 6.02. The van der Waals surface area contributed by atoms with Gasteiger partial charge in [0.25, 0.3) is 0 Å². The molecule has 0 saturated carbocycles. The molecule has 1 rings (SSSR count). The Kier molecular flexibility index (Phi) is 6.75. The molecule has 1 amide bonds. The summed E-state index contributed by atoms with van der Waals surface area (Å²) in [5, 5.41) is 3.04. The molecule has 0 spiro atoms. The van der Waals surface area contributed by atoms with Gasteiger partial charge in [-0.25, -0.2) is 0 Å². The highest BCUT2D eigenvalue weighted by atomic mass is 16.5. The highest BCUT2D eigenvalue weighted by Crippen LogP contribution is 2.17. The largest absolute Gasteiger partial charge is 0.379 e. The zero-order valence-corrected chi connectivity index (χ0v) is 12.7. The summed E-state index contributed by atoms with van der Waals surface area (Å²) in [6, 6.07) is 0.212. The van der Waals surface area contributed by atoms with Crippen molar-refractivity contribution in [3.8, 4) is 0 Å². The SMILES string of the molecule is CCC(CC)C(CNC(=O)C1COCC1N)N(C)C. The third-order valence-electron chi connectivity index (χ3n) is 4.20. The smallest absolute Gasteiger partial charge is 0.227 e. The Morgan fingerprint density at radius 2 is 2.00 bits per heavy atom. The zero-order valence-electron chi connectivity index (χ0n) is 12.7. The minimum absolute atomic E-state index is 0.0304. The van der Waals surface area contributed by atoms with Crippen LogP contribution in [0.3, 0.4) is 0 Å². The minimum atomic E-state index is -0.190. The molecule has 5 nitrogen and oxygen atoms in total. The standard InChI is InChI=1S/C14H29N3O2/c1-5-10(6-2)13(17(3)4)7-16-14(18)11-8-19-9-12(11)15/h10-13H,5-9,15H2,1-4H3,(H,16,18). The van der Waals surface area contributed by atoms with Crippen molar-refractivity contribution in [3.63, 3.8) is 0 Å². The van der Waals surface area contributed by atoms with Crippen molar-refractivity contribution in [2.75, 3.05) is 33.9 Å². The van der Waals surface area contributed by atoms with Gasteiger partial charge in [-0.15, -0.1) is 0 Å². The molecule has 1 aliphatic rings. The van der Waals surface area contributed by atoms with Crippen LogP contribution in [-0.4, -0.2) is 56.7 Å². The van der Waals surface area contributed by atoms with E-state index in [0.717, 1.165) is 12.8 Å². The summed E-state index contributed by atoms with van der Waals surface area (Å²) in [4.78, 5) is 14.3. The molecule has 0 aliphatic carbocycles. The molecule has 0 radical (unpaired) electrons. The van der Waals surface area contributed by atoms with Gasteiger partial charge in [-0.1, -0.05) is 26.7 Å². The van der Waals surface area contributed by atoms with Gasteiger partial charge in [0.2, 0.25) is 5.91 Å². The highest BCUT2D eigenvalue weighted by Gasteiger charge is 2.32. The Bertz CT molecular complexity index is 280. The lowest BCUT2D eigenvalue weighted by Gasteiger charge is -2.32. The van der Waals surface area contributed by atoms with Crippen LogP contribution in [0.4, 0.5) is 0 Å². The van der Waals surface area contributed by atoms with Crippen LogP contribution >= 0.6 is 0 Å². The monoisotopic (exact) mass is 271 g/mol. The topological polar surface area (TPSA) is 67.6 Å². The fourth-order valence-corrected chi connectivity index (χ4v) is 2.78. The first-order valence-corrected chi connectivity index (χ1v) is 7.28. The maximum absolute atomic E-state index is 12.1. The molecule has 0 bridgehead atoms. The Balaban J connectivity index is 2.49. The maximum atomic E-state index is 12.1. The Morgan fingerprint density at radius 1 is 1.37 bits per heavy atom. The van der Waals surface area contributed by atoms with Crippen molar-refractivity contribution < 1.29 is 9.53 Å². The molecule has 1 fully saturated rings. The van der Waals surface area contributed by atoms with Gasteiger partial charge in [-0.3, -0.25) is 4.79 Å². The lowest BCUT2D eigenvalue weighted by molar-refractivity contribution is -0.125. The van der Waals surface area contributed by atoms with Crippen LogP contribution < -0.4 is 11.1 Å². The predicted octanol–water partition coefficient (Wildman–Crippen LogP) is 0.443. The van der Waals surface area contributed by atoms with E-state index in [1.54, 1.807) is 0 Å². The van der Waals surface area contributed by atoms with Gasteiger partial charge >= 0.3 is 0 Å². The molecule has 3 atom stereocenters. The number of hydrogen-bond acceptors (Lipinski definition) is 4. The van der Waals surface area contributed by atoms with Crippen LogP contribution in [-0.2, 0) is 9.53 Å². The van der Waals surface area contributed by atoms with Gasteiger partial charge in [0.15, 0.2) is 0 Å². The van der Waals surface area contributed by atoms with E-state index in [-0.39, 0.29) is 17.9 Å². The van der Waals surface area contributed by atoms with Crippen molar-refractivity contribution in [1.82, 2.24) is 10.2 Å². The van der Waals surface area contributed by atoms with E-state index in [4.69, 9.17) is 10.5 Å². The van der Waals surface area contributed by atoms with Crippen LogP contribution in [0.2, 0.25) is 0 Å². The van der Waals surface area contributed by atoms with Crippen LogP contribution in [0.1, 0.15) is 26.7 Å². The van der Waals surface area contributed by atoms with Crippen molar-refractivity contribution in [1.29, 1.82) is 0 Å². The van der Waals surface area contributed by atoms with E-state index in [9.17, 15) is 4.79 Å². The molecular formula is C14H29N3O2. The third kappa shape index (κ3) is 4.44. The summed E-state index contributed by atoms with van der Waals surface area (Å²) in [6.07, 6.45) is 2.25. The van der Waals surface area contributed by atoms with Gasteiger partial charge in [-0.2, -0.15) is 0 Å². The fraction of sp³-hybridized carbons (Fsp3) is 0.929. The summed E-state index contributed by atoms with van der Waals surface area (Å²) in [5.41, 5.74) is 5.86. The van der Waals surface area contributed by atoms with Crippen LogP contribution in [0.5, 0.6) is 0 Å². The molecule has 0 aromatic rings. The van der Waals surface area contributed by atoms with Gasteiger partial charge < -0.3 is 20.7 Å². The maximum Gasteiger partial charge on any atom is 0.227 e. The average molecular weight is 271 g/mol. The molecule has 1 saturated heterocycles. The van der Waals surface area contributed by atoms with Crippen LogP contribution in [0.15, 0.2) is 0 Å².